The number of aryl methyl sites for hydroxylation is 1. The first kappa shape index (κ1) is 18.5. The van der Waals surface area contributed by atoms with Gasteiger partial charge in [-0.05, 0) is 31.2 Å². The fraction of sp³-hybridized carbons (Fsp3) is 0.167. The van der Waals surface area contributed by atoms with Crippen molar-refractivity contribution in [3.8, 4) is 17.6 Å². The van der Waals surface area contributed by atoms with Gasteiger partial charge in [0.25, 0.3) is 5.91 Å². The highest BCUT2D eigenvalue weighted by atomic mass is 32.2. The number of rotatable bonds is 6. The number of primary amides is 1. The minimum absolute atomic E-state index is 0.0105. The van der Waals surface area contributed by atoms with Crippen molar-refractivity contribution in [2.24, 2.45) is 5.73 Å². The van der Waals surface area contributed by atoms with E-state index in [-0.39, 0.29) is 23.6 Å². The molecular weight excluding hydrogens is 340 g/mol. The first-order chi connectivity index (χ1) is 11.9. The van der Waals surface area contributed by atoms with E-state index in [1.807, 2.05) is 6.92 Å². The van der Waals surface area contributed by atoms with Gasteiger partial charge in [0.2, 0.25) is 10.0 Å². The smallest absolute Gasteiger partial charge is 0.252 e. The van der Waals surface area contributed by atoms with Crippen LogP contribution in [0.3, 0.4) is 0 Å². The number of amides is 1. The molecule has 0 aliphatic rings. The summed E-state index contributed by atoms with van der Waals surface area (Å²) >= 11 is 0. The van der Waals surface area contributed by atoms with Crippen LogP contribution in [0.2, 0.25) is 0 Å². The molecule has 0 saturated heterocycles. The average Bonchev–Trinajstić information content (AvgIpc) is 2.58. The van der Waals surface area contributed by atoms with Gasteiger partial charge in [-0.2, -0.15) is 4.72 Å². The van der Waals surface area contributed by atoms with E-state index in [9.17, 15) is 13.2 Å². The second-order valence-corrected chi connectivity index (χ2v) is 6.91. The van der Waals surface area contributed by atoms with Crippen molar-refractivity contribution in [3.05, 3.63) is 59.7 Å². The summed E-state index contributed by atoms with van der Waals surface area (Å²) in [6, 6.07) is 13.1. The quantitative estimate of drug-likeness (QED) is 0.764. The standard InChI is InChI=1S/C18H18N2O4S/c1-14-8-10-15(11-9-14)25(22,23)20-12-4-5-13-24-17-7-3-2-6-16(17)18(19)21/h2-3,6-11,20H,12-13H2,1H3,(H2,19,21). The summed E-state index contributed by atoms with van der Waals surface area (Å²) in [6.07, 6.45) is 0. The molecule has 3 N–H and O–H groups in total. The maximum atomic E-state index is 12.1. The lowest BCUT2D eigenvalue weighted by atomic mass is 10.2. The number of hydrogen-bond acceptors (Lipinski definition) is 4. The minimum atomic E-state index is -3.59. The molecule has 2 aromatic rings. The predicted molar refractivity (Wildman–Crippen MR) is 94.6 cm³/mol. The van der Waals surface area contributed by atoms with E-state index < -0.39 is 15.9 Å². The second kappa shape index (κ2) is 8.33. The van der Waals surface area contributed by atoms with Crippen LogP contribution >= 0.6 is 0 Å². The van der Waals surface area contributed by atoms with Crippen LogP contribution in [-0.4, -0.2) is 27.5 Å². The molecule has 0 saturated carbocycles. The van der Waals surface area contributed by atoms with E-state index in [2.05, 4.69) is 16.6 Å². The van der Waals surface area contributed by atoms with E-state index in [1.54, 1.807) is 36.4 Å². The molecule has 6 nitrogen and oxygen atoms in total. The highest BCUT2D eigenvalue weighted by Gasteiger charge is 2.11. The van der Waals surface area contributed by atoms with E-state index in [0.29, 0.717) is 5.75 Å². The molecule has 0 bridgehead atoms. The lowest BCUT2D eigenvalue weighted by Crippen LogP contribution is -2.24. The zero-order valence-electron chi connectivity index (χ0n) is 13.7. The third-order valence-corrected chi connectivity index (χ3v) is 4.68. The Hall–Kier alpha value is -2.82. The number of hydrogen-bond donors (Lipinski definition) is 2. The highest BCUT2D eigenvalue weighted by molar-refractivity contribution is 7.89. The lowest BCUT2D eigenvalue weighted by Gasteiger charge is -2.06. The van der Waals surface area contributed by atoms with Gasteiger partial charge in [-0.3, -0.25) is 4.79 Å². The van der Waals surface area contributed by atoms with E-state index >= 15 is 0 Å². The molecule has 130 valence electrons. The minimum Gasteiger partial charge on any atom is -0.480 e. The Bertz CT molecular complexity index is 910. The van der Waals surface area contributed by atoms with Gasteiger partial charge >= 0.3 is 0 Å². The molecule has 0 aliphatic carbocycles. The zero-order chi connectivity index (χ0) is 18.3. The van der Waals surface area contributed by atoms with Crippen molar-refractivity contribution in [1.29, 1.82) is 0 Å². The van der Waals surface area contributed by atoms with Gasteiger partial charge in [0.1, 0.15) is 12.4 Å². The molecule has 2 rings (SSSR count). The Morgan fingerprint density at radius 3 is 2.48 bits per heavy atom. The number of carbonyl (C=O) groups is 1. The lowest BCUT2D eigenvalue weighted by molar-refractivity contribution is 0.0997. The van der Waals surface area contributed by atoms with Crippen LogP contribution in [0.5, 0.6) is 5.75 Å². The van der Waals surface area contributed by atoms with Crippen molar-refractivity contribution < 1.29 is 17.9 Å². The molecule has 0 spiro atoms. The first-order valence-electron chi connectivity index (χ1n) is 7.44. The molecule has 7 heteroatoms. The zero-order valence-corrected chi connectivity index (χ0v) is 14.5. The molecule has 0 aromatic heterocycles. The van der Waals surface area contributed by atoms with Gasteiger partial charge in [0.05, 0.1) is 17.0 Å². The molecule has 1 amide bonds. The Kier molecular flexibility index (Phi) is 6.17. The van der Waals surface area contributed by atoms with Gasteiger partial charge in [-0.1, -0.05) is 41.7 Å². The molecule has 0 radical (unpaired) electrons. The molecule has 0 unspecified atom stereocenters. The van der Waals surface area contributed by atoms with Gasteiger partial charge in [0.15, 0.2) is 0 Å². The summed E-state index contributed by atoms with van der Waals surface area (Å²) in [6.45, 7) is 1.85. The first-order valence-corrected chi connectivity index (χ1v) is 8.92. The molecule has 0 heterocycles. The van der Waals surface area contributed by atoms with Crippen molar-refractivity contribution in [2.45, 2.75) is 11.8 Å². The van der Waals surface area contributed by atoms with Crippen molar-refractivity contribution in [1.82, 2.24) is 4.72 Å². The van der Waals surface area contributed by atoms with Crippen LogP contribution in [0.15, 0.2) is 53.4 Å². The maximum absolute atomic E-state index is 12.1. The second-order valence-electron chi connectivity index (χ2n) is 5.14. The normalized spacial score (nSPS) is 10.6. The average molecular weight is 358 g/mol. The van der Waals surface area contributed by atoms with E-state index in [1.165, 1.54) is 12.1 Å². The van der Waals surface area contributed by atoms with Crippen molar-refractivity contribution in [2.75, 3.05) is 13.2 Å². The topological polar surface area (TPSA) is 98.5 Å². The monoisotopic (exact) mass is 358 g/mol. The number of para-hydroxylation sites is 1. The third kappa shape index (κ3) is 5.35. The van der Waals surface area contributed by atoms with Crippen LogP contribution in [0, 0.1) is 18.8 Å². The SMILES string of the molecule is Cc1ccc(S(=O)(=O)NCC#CCOc2ccccc2C(N)=O)cc1. The third-order valence-electron chi connectivity index (χ3n) is 3.26. The van der Waals surface area contributed by atoms with E-state index in [0.717, 1.165) is 5.56 Å². The number of carbonyl (C=O) groups excluding carboxylic acids is 1. The molecule has 0 fully saturated rings. The summed E-state index contributed by atoms with van der Waals surface area (Å²) in [7, 11) is -3.59. The Labute approximate surface area is 147 Å². The molecule has 25 heavy (non-hydrogen) atoms. The summed E-state index contributed by atoms with van der Waals surface area (Å²) in [5.41, 5.74) is 6.49. The molecular formula is C18H18N2O4S. The van der Waals surface area contributed by atoms with Crippen LogP contribution < -0.4 is 15.2 Å². The van der Waals surface area contributed by atoms with Crippen LogP contribution in [0.1, 0.15) is 15.9 Å². The van der Waals surface area contributed by atoms with Gasteiger partial charge in [0, 0.05) is 0 Å². The number of sulfonamides is 1. The highest BCUT2D eigenvalue weighted by Crippen LogP contribution is 2.16. The van der Waals surface area contributed by atoms with Crippen LogP contribution in [-0.2, 0) is 10.0 Å². The summed E-state index contributed by atoms with van der Waals surface area (Å²) in [5.74, 6) is 5.09. The molecule has 2 aromatic carbocycles. The summed E-state index contributed by atoms with van der Waals surface area (Å²) in [5, 5.41) is 0. The number of benzene rings is 2. The van der Waals surface area contributed by atoms with Gasteiger partial charge in [-0.25, -0.2) is 8.42 Å². The number of nitrogens with two attached hydrogens (primary N) is 1. The summed E-state index contributed by atoms with van der Waals surface area (Å²) < 4.78 is 31.9. The van der Waals surface area contributed by atoms with Crippen molar-refractivity contribution in [3.63, 3.8) is 0 Å². The number of ether oxygens (including phenoxy) is 1. The summed E-state index contributed by atoms with van der Waals surface area (Å²) in [4.78, 5) is 11.4. The fourth-order valence-corrected chi connectivity index (χ4v) is 2.88. The predicted octanol–water partition coefficient (Wildman–Crippen LogP) is 1.45. The Morgan fingerprint density at radius 2 is 1.80 bits per heavy atom. The molecule has 0 atom stereocenters. The fourth-order valence-electron chi connectivity index (χ4n) is 1.96. The largest absolute Gasteiger partial charge is 0.480 e. The Morgan fingerprint density at radius 1 is 1.12 bits per heavy atom. The van der Waals surface area contributed by atoms with Crippen molar-refractivity contribution >= 4 is 15.9 Å². The Balaban J connectivity index is 1.87. The van der Waals surface area contributed by atoms with Gasteiger partial charge in [-0.15, -0.1) is 0 Å². The maximum Gasteiger partial charge on any atom is 0.252 e. The van der Waals surface area contributed by atoms with Crippen LogP contribution in [0.25, 0.3) is 0 Å². The van der Waals surface area contributed by atoms with E-state index in [4.69, 9.17) is 10.5 Å². The van der Waals surface area contributed by atoms with Crippen LogP contribution in [0.4, 0.5) is 0 Å². The molecule has 0 aliphatic heterocycles. The van der Waals surface area contributed by atoms with Gasteiger partial charge < -0.3 is 10.5 Å². The number of nitrogens with one attached hydrogen (secondary N) is 1.